The van der Waals surface area contributed by atoms with Crippen LogP contribution in [0.2, 0.25) is 0 Å². The zero-order valence-electron chi connectivity index (χ0n) is 9.45. The summed E-state index contributed by atoms with van der Waals surface area (Å²) >= 11 is 0. The maximum Gasteiger partial charge on any atom is 0.183 e. The first-order valence-electron chi connectivity index (χ1n) is 5.17. The number of hydrogen-bond acceptors (Lipinski definition) is 3. The fourth-order valence-electron chi connectivity index (χ4n) is 1.13. The lowest BCUT2D eigenvalue weighted by atomic mass is 10.1. The molecule has 0 saturated carbocycles. The second-order valence-electron chi connectivity index (χ2n) is 3.34. The van der Waals surface area contributed by atoms with Gasteiger partial charge in [-0.05, 0) is 33.6 Å². The number of hydrogen-bond donors (Lipinski definition) is 1. The molecule has 1 atom stereocenters. The van der Waals surface area contributed by atoms with Crippen LogP contribution in [0.15, 0.2) is 12.2 Å². The second kappa shape index (κ2) is 7.97. The summed E-state index contributed by atoms with van der Waals surface area (Å²) < 4.78 is 10.5. The van der Waals surface area contributed by atoms with Gasteiger partial charge in [0.1, 0.15) is 6.10 Å². The van der Waals surface area contributed by atoms with E-state index in [1.165, 1.54) is 0 Å². The highest BCUT2D eigenvalue weighted by molar-refractivity contribution is 4.88. The summed E-state index contributed by atoms with van der Waals surface area (Å²) in [6, 6.07) is 0. The van der Waals surface area contributed by atoms with Crippen molar-refractivity contribution in [3.05, 3.63) is 12.2 Å². The number of aliphatic hydroxyl groups is 1. The van der Waals surface area contributed by atoms with Gasteiger partial charge in [0.25, 0.3) is 0 Å². The van der Waals surface area contributed by atoms with Gasteiger partial charge in [0.05, 0.1) is 0 Å². The third-order valence-electron chi connectivity index (χ3n) is 1.84. The van der Waals surface area contributed by atoms with E-state index in [1.807, 2.05) is 20.8 Å². The summed E-state index contributed by atoms with van der Waals surface area (Å²) in [5.41, 5.74) is 1.07. The molecule has 3 nitrogen and oxygen atoms in total. The number of rotatable bonds is 8. The lowest BCUT2D eigenvalue weighted by Gasteiger charge is -2.22. The van der Waals surface area contributed by atoms with E-state index in [0.29, 0.717) is 19.6 Å². The third-order valence-corrected chi connectivity index (χ3v) is 1.84. The summed E-state index contributed by atoms with van der Waals surface area (Å²) in [6.07, 6.45) is 0.383. The summed E-state index contributed by atoms with van der Waals surface area (Å²) in [5, 5.41) is 9.73. The van der Waals surface area contributed by atoms with Crippen molar-refractivity contribution in [2.24, 2.45) is 0 Å². The highest BCUT2D eigenvalue weighted by atomic mass is 16.7. The number of aliphatic hydroxyl groups excluding tert-OH is 1. The second-order valence-corrected chi connectivity index (χ2v) is 3.34. The van der Waals surface area contributed by atoms with Crippen molar-refractivity contribution in [1.82, 2.24) is 0 Å². The van der Waals surface area contributed by atoms with Gasteiger partial charge >= 0.3 is 0 Å². The summed E-state index contributed by atoms with van der Waals surface area (Å²) in [7, 11) is 0. The van der Waals surface area contributed by atoms with E-state index < -0.39 is 12.4 Å². The van der Waals surface area contributed by atoms with Crippen LogP contribution in [0.3, 0.4) is 0 Å². The first-order chi connectivity index (χ1) is 6.61. The minimum Gasteiger partial charge on any atom is -0.388 e. The predicted molar refractivity (Wildman–Crippen MR) is 57.1 cm³/mol. The zero-order chi connectivity index (χ0) is 11.0. The Kier molecular flexibility index (Phi) is 7.76. The molecule has 84 valence electrons. The number of ether oxygens (including phenoxy) is 2. The smallest absolute Gasteiger partial charge is 0.183 e. The highest BCUT2D eigenvalue weighted by Crippen LogP contribution is 2.11. The molecular formula is C11H22O3. The van der Waals surface area contributed by atoms with Gasteiger partial charge in [-0.3, -0.25) is 0 Å². The highest BCUT2D eigenvalue weighted by Gasteiger charge is 2.18. The Bertz CT molecular complexity index is 151. The molecular weight excluding hydrogens is 180 g/mol. The van der Waals surface area contributed by atoms with E-state index in [9.17, 15) is 5.11 Å². The molecule has 0 saturated heterocycles. The Morgan fingerprint density at radius 1 is 1.29 bits per heavy atom. The Labute approximate surface area is 86.7 Å². The topological polar surface area (TPSA) is 38.7 Å². The largest absolute Gasteiger partial charge is 0.388 e. The van der Waals surface area contributed by atoms with Gasteiger partial charge in [0, 0.05) is 13.2 Å². The van der Waals surface area contributed by atoms with Gasteiger partial charge in [-0.25, -0.2) is 0 Å². The van der Waals surface area contributed by atoms with Crippen molar-refractivity contribution in [2.75, 3.05) is 13.2 Å². The standard InChI is InChI=1S/C11H22O3/c1-5-13-11(14-6-2)10(12)8-7-9(3)4/h10-12H,3,5-8H2,1-2,4H3. The zero-order valence-corrected chi connectivity index (χ0v) is 9.45. The monoisotopic (exact) mass is 202 g/mol. The number of allylic oxidation sites excluding steroid dienone is 1. The first-order valence-corrected chi connectivity index (χ1v) is 5.17. The van der Waals surface area contributed by atoms with Crippen molar-refractivity contribution in [3.63, 3.8) is 0 Å². The molecule has 0 bridgehead atoms. The van der Waals surface area contributed by atoms with Crippen LogP contribution in [-0.4, -0.2) is 30.7 Å². The molecule has 0 aliphatic rings. The molecule has 0 aliphatic heterocycles. The minimum atomic E-state index is -0.563. The van der Waals surface area contributed by atoms with Gasteiger partial charge in [-0.1, -0.05) is 5.57 Å². The Hall–Kier alpha value is -0.380. The third kappa shape index (κ3) is 6.13. The van der Waals surface area contributed by atoms with Crippen LogP contribution in [0.5, 0.6) is 0 Å². The van der Waals surface area contributed by atoms with Crippen LogP contribution in [0, 0.1) is 0 Å². The average Bonchev–Trinajstić information content (AvgIpc) is 2.14. The summed E-state index contributed by atoms with van der Waals surface area (Å²) in [4.78, 5) is 0. The fraction of sp³-hybridized carbons (Fsp3) is 0.818. The maximum atomic E-state index is 9.73. The molecule has 0 aliphatic carbocycles. The van der Waals surface area contributed by atoms with Gasteiger partial charge < -0.3 is 14.6 Å². The van der Waals surface area contributed by atoms with Crippen LogP contribution in [0.1, 0.15) is 33.6 Å². The molecule has 0 fully saturated rings. The predicted octanol–water partition coefficient (Wildman–Crippen LogP) is 2.10. The Morgan fingerprint density at radius 3 is 2.14 bits per heavy atom. The quantitative estimate of drug-likeness (QED) is 0.484. The molecule has 0 aromatic rings. The van der Waals surface area contributed by atoms with Gasteiger partial charge in [0.2, 0.25) is 0 Å². The van der Waals surface area contributed by atoms with Crippen LogP contribution in [-0.2, 0) is 9.47 Å². The van der Waals surface area contributed by atoms with E-state index in [-0.39, 0.29) is 0 Å². The minimum absolute atomic E-state index is 0.496. The van der Waals surface area contributed by atoms with Crippen molar-refractivity contribution in [3.8, 4) is 0 Å². The van der Waals surface area contributed by atoms with Gasteiger partial charge in [0.15, 0.2) is 6.29 Å². The van der Waals surface area contributed by atoms with Crippen LogP contribution in [0.25, 0.3) is 0 Å². The van der Waals surface area contributed by atoms with Crippen molar-refractivity contribution >= 4 is 0 Å². The molecule has 0 radical (unpaired) electrons. The molecule has 1 unspecified atom stereocenters. The first kappa shape index (κ1) is 13.6. The van der Waals surface area contributed by atoms with Crippen LogP contribution >= 0.6 is 0 Å². The van der Waals surface area contributed by atoms with E-state index in [2.05, 4.69) is 6.58 Å². The summed E-state index contributed by atoms with van der Waals surface area (Å²) in [6.45, 7) is 10.6. The molecule has 0 spiro atoms. The van der Waals surface area contributed by atoms with E-state index >= 15 is 0 Å². The molecule has 3 heteroatoms. The Balaban J connectivity index is 3.86. The lowest BCUT2D eigenvalue weighted by Crippen LogP contribution is -2.31. The van der Waals surface area contributed by atoms with Crippen molar-refractivity contribution < 1.29 is 14.6 Å². The van der Waals surface area contributed by atoms with Gasteiger partial charge in [-0.15, -0.1) is 6.58 Å². The lowest BCUT2D eigenvalue weighted by molar-refractivity contribution is -0.190. The molecule has 0 aromatic carbocycles. The molecule has 0 heterocycles. The normalized spacial score (nSPS) is 13.2. The SMILES string of the molecule is C=C(C)CCC(O)C(OCC)OCC. The van der Waals surface area contributed by atoms with E-state index in [1.54, 1.807) is 0 Å². The summed E-state index contributed by atoms with van der Waals surface area (Å²) in [5.74, 6) is 0. The molecule has 0 aromatic heterocycles. The molecule has 1 N–H and O–H groups in total. The molecule has 0 amide bonds. The fourth-order valence-corrected chi connectivity index (χ4v) is 1.13. The average molecular weight is 202 g/mol. The van der Waals surface area contributed by atoms with E-state index in [0.717, 1.165) is 12.0 Å². The van der Waals surface area contributed by atoms with Crippen LogP contribution in [0.4, 0.5) is 0 Å². The molecule has 14 heavy (non-hydrogen) atoms. The van der Waals surface area contributed by atoms with Crippen molar-refractivity contribution in [1.29, 1.82) is 0 Å². The van der Waals surface area contributed by atoms with Crippen LogP contribution < -0.4 is 0 Å². The Morgan fingerprint density at radius 2 is 1.79 bits per heavy atom. The van der Waals surface area contributed by atoms with Gasteiger partial charge in [-0.2, -0.15) is 0 Å². The van der Waals surface area contributed by atoms with Crippen molar-refractivity contribution in [2.45, 2.75) is 46.0 Å². The molecule has 0 rings (SSSR count). The van der Waals surface area contributed by atoms with E-state index in [4.69, 9.17) is 9.47 Å². The maximum absolute atomic E-state index is 9.73.